The van der Waals surface area contributed by atoms with Crippen LogP contribution in [0.3, 0.4) is 0 Å². The van der Waals surface area contributed by atoms with Gasteiger partial charge in [0.1, 0.15) is 22.6 Å². The molecular formula is C13H17NO5. The lowest BCUT2D eigenvalue weighted by atomic mass is 10.1. The lowest BCUT2D eigenvalue weighted by Gasteiger charge is -2.20. The molecule has 1 aromatic rings. The van der Waals surface area contributed by atoms with Gasteiger partial charge in [-0.15, -0.1) is 4.91 Å². The van der Waals surface area contributed by atoms with E-state index in [4.69, 9.17) is 14.2 Å². The molecule has 6 heteroatoms. The van der Waals surface area contributed by atoms with Crippen LogP contribution in [0.25, 0.3) is 0 Å². The summed E-state index contributed by atoms with van der Waals surface area (Å²) in [6.07, 6.45) is 0. The lowest BCUT2D eigenvalue weighted by molar-refractivity contribution is 0.00556. The fourth-order valence-electron chi connectivity index (χ4n) is 1.32. The monoisotopic (exact) mass is 267 g/mol. The maximum absolute atomic E-state index is 12.0. The van der Waals surface area contributed by atoms with Gasteiger partial charge in [0.2, 0.25) is 0 Å². The molecule has 0 bridgehead atoms. The largest absolute Gasteiger partial charge is 0.467 e. The van der Waals surface area contributed by atoms with Crippen LogP contribution in [-0.2, 0) is 9.47 Å². The van der Waals surface area contributed by atoms with Crippen LogP contribution < -0.4 is 4.74 Å². The number of benzene rings is 1. The van der Waals surface area contributed by atoms with Crippen LogP contribution in [0.5, 0.6) is 5.75 Å². The molecule has 0 saturated carbocycles. The van der Waals surface area contributed by atoms with E-state index in [2.05, 4.69) is 5.18 Å². The molecule has 1 rings (SSSR count). The third kappa shape index (κ3) is 4.67. The summed E-state index contributed by atoms with van der Waals surface area (Å²) >= 11 is 0. The van der Waals surface area contributed by atoms with E-state index in [9.17, 15) is 9.70 Å². The maximum Gasteiger partial charge on any atom is 0.342 e. The minimum absolute atomic E-state index is 0.0103. The molecule has 0 spiro atoms. The minimum atomic E-state index is -0.639. The molecule has 0 amide bonds. The molecule has 1 aromatic carbocycles. The maximum atomic E-state index is 12.0. The van der Waals surface area contributed by atoms with E-state index in [1.165, 1.54) is 25.3 Å². The van der Waals surface area contributed by atoms with Gasteiger partial charge in [-0.2, -0.15) is 0 Å². The summed E-state index contributed by atoms with van der Waals surface area (Å²) in [7, 11) is 1.47. The van der Waals surface area contributed by atoms with Gasteiger partial charge in [-0.25, -0.2) is 4.79 Å². The zero-order chi connectivity index (χ0) is 14.5. The van der Waals surface area contributed by atoms with Gasteiger partial charge in [-0.05, 0) is 44.1 Å². The van der Waals surface area contributed by atoms with Crippen molar-refractivity contribution in [2.45, 2.75) is 26.4 Å². The minimum Gasteiger partial charge on any atom is -0.467 e. The quantitative estimate of drug-likeness (QED) is 0.465. The standard InChI is InChI=1S/C13H17NO5/c1-13(2,3)19-12(15)10-7-9(14-16)5-6-11(10)18-8-17-4/h5-7H,8H2,1-4H3. The van der Waals surface area contributed by atoms with E-state index >= 15 is 0 Å². The molecule has 6 nitrogen and oxygen atoms in total. The van der Waals surface area contributed by atoms with Gasteiger partial charge in [0.25, 0.3) is 0 Å². The summed E-state index contributed by atoms with van der Waals surface area (Å²) in [6.45, 7) is 5.25. The first-order chi connectivity index (χ1) is 8.87. The van der Waals surface area contributed by atoms with Gasteiger partial charge in [-0.3, -0.25) is 0 Å². The van der Waals surface area contributed by atoms with Crippen molar-refractivity contribution >= 4 is 11.7 Å². The number of hydrogen-bond donors (Lipinski definition) is 0. The van der Waals surface area contributed by atoms with Crippen molar-refractivity contribution in [2.24, 2.45) is 5.18 Å². The number of nitrogens with zero attached hydrogens (tertiary/aromatic N) is 1. The summed E-state index contributed by atoms with van der Waals surface area (Å²) in [5.41, 5.74) is -0.366. The third-order valence-corrected chi connectivity index (χ3v) is 2.02. The molecule has 0 heterocycles. The highest BCUT2D eigenvalue weighted by atomic mass is 16.7. The third-order valence-electron chi connectivity index (χ3n) is 2.02. The number of methoxy groups -OCH3 is 1. The van der Waals surface area contributed by atoms with Gasteiger partial charge in [0.05, 0.1) is 0 Å². The molecule has 0 atom stereocenters. The Hall–Kier alpha value is -1.95. The molecule has 0 radical (unpaired) electrons. The van der Waals surface area contributed by atoms with Crippen LogP contribution in [0.4, 0.5) is 5.69 Å². The number of esters is 1. The van der Waals surface area contributed by atoms with Crippen molar-refractivity contribution in [1.82, 2.24) is 0 Å². The van der Waals surface area contributed by atoms with Gasteiger partial charge in [-0.1, -0.05) is 0 Å². The molecule has 0 saturated heterocycles. The second kappa shape index (κ2) is 6.29. The van der Waals surface area contributed by atoms with Crippen LogP contribution in [0.1, 0.15) is 31.1 Å². The molecule has 0 aliphatic heterocycles. The SMILES string of the molecule is COCOc1ccc(N=O)cc1C(=O)OC(C)(C)C. The predicted molar refractivity (Wildman–Crippen MR) is 69.6 cm³/mol. The second-order valence-electron chi connectivity index (χ2n) is 4.82. The lowest BCUT2D eigenvalue weighted by Crippen LogP contribution is -2.24. The van der Waals surface area contributed by atoms with Crippen molar-refractivity contribution < 1.29 is 19.0 Å². The van der Waals surface area contributed by atoms with Crippen molar-refractivity contribution in [2.75, 3.05) is 13.9 Å². The van der Waals surface area contributed by atoms with Gasteiger partial charge < -0.3 is 14.2 Å². The molecule has 0 unspecified atom stereocenters. The van der Waals surface area contributed by atoms with Gasteiger partial charge in [0, 0.05) is 7.11 Å². The molecule has 0 N–H and O–H groups in total. The summed E-state index contributed by atoms with van der Waals surface area (Å²) in [5.74, 6) is -0.299. The summed E-state index contributed by atoms with van der Waals surface area (Å²) in [6, 6.07) is 4.26. The number of ether oxygens (including phenoxy) is 3. The van der Waals surface area contributed by atoms with Crippen LogP contribution in [0.2, 0.25) is 0 Å². The van der Waals surface area contributed by atoms with Crippen LogP contribution in [-0.4, -0.2) is 25.5 Å². The first-order valence-electron chi connectivity index (χ1n) is 5.70. The molecular weight excluding hydrogens is 250 g/mol. The van der Waals surface area contributed by atoms with Crippen LogP contribution in [0.15, 0.2) is 23.4 Å². The Balaban J connectivity index is 3.06. The highest BCUT2D eigenvalue weighted by Crippen LogP contribution is 2.26. The Morgan fingerprint density at radius 1 is 1.32 bits per heavy atom. The van der Waals surface area contributed by atoms with E-state index in [1.54, 1.807) is 20.8 Å². The number of hydrogen-bond acceptors (Lipinski definition) is 6. The Bertz CT molecular complexity index is 465. The summed E-state index contributed by atoms with van der Waals surface area (Å²) in [5, 5.41) is 2.79. The smallest absolute Gasteiger partial charge is 0.342 e. The molecule has 0 aromatic heterocycles. The molecule has 0 aliphatic carbocycles. The molecule has 19 heavy (non-hydrogen) atoms. The Morgan fingerprint density at radius 2 is 2.00 bits per heavy atom. The number of rotatable bonds is 5. The van der Waals surface area contributed by atoms with Crippen LogP contribution in [0, 0.1) is 4.91 Å². The Kier molecular flexibility index (Phi) is 5.00. The Morgan fingerprint density at radius 3 is 2.53 bits per heavy atom. The highest BCUT2D eigenvalue weighted by Gasteiger charge is 2.21. The summed E-state index contributed by atoms with van der Waals surface area (Å²) in [4.78, 5) is 22.5. The van der Waals surface area contributed by atoms with Crippen molar-refractivity contribution in [1.29, 1.82) is 0 Å². The Labute approximate surface area is 111 Å². The fourth-order valence-corrected chi connectivity index (χ4v) is 1.32. The van der Waals surface area contributed by atoms with Crippen molar-refractivity contribution in [3.63, 3.8) is 0 Å². The topological polar surface area (TPSA) is 74.2 Å². The molecule has 0 aliphatic rings. The second-order valence-corrected chi connectivity index (χ2v) is 4.82. The normalized spacial score (nSPS) is 10.9. The van der Waals surface area contributed by atoms with E-state index in [-0.39, 0.29) is 23.8 Å². The van der Waals surface area contributed by atoms with Crippen molar-refractivity contribution in [3.05, 3.63) is 28.7 Å². The first-order valence-corrected chi connectivity index (χ1v) is 5.70. The first kappa shape index (κ1) is 15.1. The zero-order valence-corrected chi connectivity index (χ0v) is 11.4. The average molecular weight is 267 g/mol. The number of nitroso groups, excluding NO2 is 1. The van der Waals surface area contributed by atoms with E-state index in [0.717, 1.165) is 0 Å². The van der Waals surface area contributed by atoms with E-state index in [1.807, 2.05) is 0 Å². The molecule has 0 fully saturated rings. The number of carbonyl (C=O) groups excluding carboxylic acids is 1. The van der Waals surface area contributed by atoms with Gasteiger partial charge in [0.15, 0.2) is 6.79 Å². The van der Waals surface area contributed by atoms with E-state index < -0.39 is 11.6 Å². The summed E-state index contributed by atoms with van der Waals surface area (Å²) < 4.78 is 15.3. The average Bonchev–Trinajstić information content (AvgIpc) is 2.34. The zero-order valence-electron chi connectivity index (χ0n) is 11.4. The predicted octanol–water partition coefficient (Wildman–Crippen LogP) is 3.02. The van der Waals surface area contributed by atoms with Crippen molar-refractivity contribution in [3.8, 4) is 5.75 Å². The molecule has 104 valence electrons. The number of carbonyl (C=O) groups is 1. The van der Waals surface area contributed by atoms with Crippen LogP contribution >= 0.6 is 0 Å². The fraction of sp³-hybridized carbons (Fsp3) is 0.462. The van der Waals surface area contributed by atoms with E-state index in [0.29, 0.717) is 0 Å². The highest BCUT2D eigenvalue weighted by molar-refractivity contribution is 5.93. The van der Waals surface area contributed by atoms with Gasteiger partial charge >= 0.3 is 5.97 Å².